The van der Waals surface area contributed by atoms with Crippen molar-refractivity contribution in [1.82, 2.24) is 14.8 Å². The maximum atomic E-state index is 12.6. The van der Waals surface area contributed by atoms with Crippen LogP contribution in [0.25, 0.3) is 11.3 Å². The molecule has 3 aromatic rings. The minimum absolute atomic E-state index is 0.0647. The number of aromatic amines is 1. The first kappa shape index (κ1) is 24.6. The Hall–Kier alpha value is -2.78. The van der Waals surface area contributed by atoms with E-state index in [1.165, 1.54) is 26.6 Å². The Morgan fingerprint density at radius 3 is 2.65 bits per heavy atom. The van der Waals surface area contributed by atoms with Gasteiger partial charge in [-0.25, -0.2) is 0 Å². The lowest BCUT2D eigenvalue weighted by Gasteiger charge is -2.32. The van der Waals surface area contributed by atoms with Gasteiger partial charge in [0.2, 0.25) is 5.56 Å². The monoisotopic (exact) mass is 517 g/mol. The number of anilines is 2. The van der Waals surface area contributed by atoms with Crippen LogP contribution in [0.5, 0.6) is 0 Å². The van der Waals surface area contributed by atoms with E-state index >= 15 is 0 Å². The number of benzene rings is 2. The summed E-state index contributed by atoms with van der Waals surface area (Å²) >= 11 is 1.81. The Labute approximate surface area is 222 Å². The van der Waals surface area contributed by atoms with Gasteiger partial charge >= 0.3 is 0 Å². The van der Waals surface area contributed by atoms with Crippen molar-refractivity contribution in [3.05, 3.63) is 70.0 Å². The van der Waals surface area contributed by atoms with Crippen LogP contribution in [0.15, 0.2) is 63.1 Å². The third-order valence-corrected chi connectivity index (χ3v) is 8.90. The van der Waals surface area contributed by atoms with Crippen molar-refractivity contribution >= 4 is 23.1 Å². The van der Waals surface area contributed by atoms with Gasteiger partial charge in [0.05, 0.1) is 18.9 Å². The second-order valence-corrected chi connectivity index (χ2v) is 11.2. The van der Waals surface area contributed by atoms with Gasteiger partial charge in [0.1, 0.15) is 0 Å². The topological polar surface area (TPSA) is 63.8 Å². The molecule has 0 unspecified atom stereocenters. The van der Waals surface area contributed by atoms with Gasteiger partial charge in [0.15, 0.2) is 0 Å². The number of hydrogen-bond acceptors (Lipinski definition) is 7. The van der Waals surface area contributed by atoms with E-state index < -0.39 is 0 Å². The van der Waals surface area contributed by atoms with E-state index in [4.69, 9.17) is 4.74 Å². The lowest BCUT2D eigenvalue weighted by atomic mass is 9.99. The first-order chi connectivity index (χ1) is 18.1. The number of rotatable bonds is 6. The van der Waals surface area contributed by atoms with Gasteiger partial charge in [-0.1, -0.05) is 30.0 Å². The molecular weight excluding hydrogens is 482 g/mol. The highest BCUT2D eigenvalue weighted by molar-refractivity contribution is 7.99. The summed E-state index contributed by atoms with van der Waals surface area (Å²) in [5, 5.41) is 3.64. The average molecular weight is 518 g/mol. The third kappa shape index (κ3) is 5.57. The van der Waals surface area contributed by atoms with E-state index in [9.17, 15) is 4.79 Å². The van der Waals surface area contributed by atoms with Crippen molar-refractivity contribution in [2.24, 2.45) is 0 Å². The molecule has 2 saturated heterocycles. The Balaban J connectivity index is 1.18. The van der Waals surface area contributed by atoms with E-state index in [2.05, 4.69) is 74.5 Å². The minimum Gasteiger partial charge on any atom is -0.384 e. The van der Waals surface area contributed by atoms with Crippen molar-refractivity contribution in [3.63, 3.8) is 0 Å². The van der Waals surface area contributed by atoms with Gasteiger partial charge in [0.25, 0.3) is 0 Å². The van der Waals surface area contributed by atoms with Crippen LogP contribution in [-0.4, -0.2) is 87.4 Å². The maximum Gasteiger partial charge on any atom is 0.250 e. The Morgan fingerprint density at radius 1 is 0.973 bits per heavy atom. The molecular formula is C29H35N5O2S. The van der Waals surface area contributed by atoms with E-state index in [-0.39, 0.29) is 5.56 Å². The number of H-pyrrole nitrogens is 1. The Bertz CT molecular complexity index is 1310. The molecule has 0 radical (unpaired) electrons. The molecule has 7 nitrogen and oxygen atoms in total. The Morgan fingerprint density at radius 2 is 1.81 bits per heavy atom. The second-order valence-electron chi connectivity index (χ2n) is 10.2. The van der Waals surface area contributed by atoms with Gasteiger partial charge in [-0.15, -0.1) is 0 Å². The molecule has 0 bridgehead atoms. The zero-order chi connectivity index (χ0) is 25.2. The second kappa shape index (κ2) is 10.9. The van der Waals surface area contributed by atoms with Crippen molar-refractivity contribution in [2.45, 2.75) is 16.2 Å². The summed E-state index contributed by atoms with van der Waals surface area (Å²) in [4.78, 5) is 25.4. The molecule has 3 aliphatic rings. The first-order valence-corrected chi connectivity index (χ1v) is 14.1. The fourth-order valence-corrected chi connectivity index (χ4v) is 6.58. The number of morpholine rings is 1. The molecule has 0 saturated carbocycles. The summed E-state index contributed by atoms with van der Waals surface area (Å²) in [6.45, 7) is 9.66. The van der Waals surface area contributed by atoms with E-state index in [1.807, 2.05) is 11.8 Å². The van der Waals surface area contributed by atoms with Crippen LogP contribution in [0, 0.1) is 0 Å². The highest BCUT2D eigenvalue weighted by atomic mass is 32.2. The molecule has 0 amide bonds. The lowest BCUT2D eigenvalue weighted by molar-refractivity contribution is 0.122. The molecule has 37 heavy (non-hydrogen) atoms. The molecule has 2 aromatic carbocycles. The lowest BCUT2D eigenvalue weighted by Crippen LogP contribution is -2.45. The Kier molecular flexibility index (Phi) is 7.24. The van der Waals surface area contributed by atoms with Crippen molar-refractivity contribution in [3.8, 4) is 11.3 Å². The molecule has 8 heteroatoms. The summed E-state index contributed by atoms with van der Waals surface area (Å²) in [6.07, 6.45) is 0.896. The van der Waals surface area contributed by atoms with Crippen LogP contribution in [-0.2, 0) is 11.2 Å². The molecule has 194 valence electrons. The number of ether oxygens (including phenoxy) is 1. The average Bonchev–Trinajstić information content (AvgIpc) is 2.93. The number of nitrogens with zero attached hydrogens (tertiary/aromatic N) is 3. The first-order valence-electron chi connectivity index (χ1n) is 13.3. The smallest absolute Gasteiger partial charge is 0.250 e. The van der Waals surface area contributed by atoms with Gasteiger partial charge in [-0.2, -0.15) is 0 Å². The molecule has 2 fully saturated rings. The van der Waals surface area contributed by atoms with Crippen LogP contribution in [0.2, 0.25) is 0 Å². The number of nitrogens with one attached hydrogen (secondary N) is 2. The van der Waals surface area contributed by atoms with Gasteiger partial charge in [-0.3, -0.25) is 9.69 Å². The fraction of sp³-hybridized carbons (Fsp3) is 0.414. The summed E-state index contributed by atoms with van der Waals surface area (Å²) < 4.78 is 5.50. The number of fused-ring (bicyclic) bond motifs is 2. The highest BCUT2D eigenvalue weighted by Gasteiger charge is 2.22. The molecule has 0 aliphatic carbocycles. The van der Waals surface area contributed by atoms with Crippen LogP contribution in [0.3, 0.4) is 0 Å². The third-order valence-electron chi connectivity index (χ3n) is 7.60. The van der Waals surface area contributed by atoms with Crippen LogP contribution >= 0.6 is 11.8 Å². The summed E-state index contributed by atoms with van der Waals surface area (Å²) in [6, 6.07) is 17.0. The van der Waals surface area contributed by atoms with Gasteiger partial charge in [0, 0.05) is 85.2 Å². The van der Waals surface area contributed by atoms with Crippen molar-refractivity contribution in [1.29, 1.82) is 0 Å². The van der Waals surface area contributed by atoms with E-state index in [0.717, 1.165) is 75.7 Å². The highest BCUT2D eigenvalue weighted by Crippen LogP contribution is 2.45. The van der Waals surface area contributed by atoms with Crippen LogP contribution < -0.4 is 15.8 Å². The predicted octanol–water partition coefficient (Wildman–Crippen LogP) is 3.59. The molecule has 4 heterocycles. The predicted molar refractivity (Wildman–Crippen MR) is 151 cm³/mol. The largest absolute Gasteiger partial charge is 0.384 e. The van der Waals surface area contributed by atoms with Gasteiger partial charge < -0.3 is 24.8 Å². The number of aromatic nitrogens is 1. The van der Waals surface area contributed by atoms with Crippen molar-refractivity contribution < 1.29 is 4.74 Å². The fourth-order valence-electron chi connectivity index (χ4n) is 5.41. The van der Waals surface area contributed by atoms with Crippen LogP contribution in [0.4, 0.5) is 11.4 Å². The molecule has 3 aliphatic heterocycles. The molecule has 2 N–H and O–H groups in total. The van der Waals surface area contributed by atoms with Crippen molar-refractivity contribution in [2.75, 3.05) is 82.8 Å². The zero-order valence-corrected chi connectivity index (χ0v) is 22.3. The summed E-state index contributed by atoms with van der Waals surface area (Å²) in [7, 11) is 2.20. The summed E-state index contributed by atoms with van der Waals surface area (Å²) in [5.74, 6) is 0. The SMILES string of the molecule is CN1CCN(CCNc2ccc3c(c2)Cc2cccc(-c4cc(N5CCOCC5)cc(=O)[nH]4)c2S3)CC1. The van der Waals surface area contributed by atoms with E-state index in [0.29, 0.717) is 13.2 Å². The maximum absolute atomic E-state index is 12.6. The zero-order valence-electron chi connectivity index (χ0n) is 21.5. The quantitative estimate of drug-likeness (QED) is 0.405. The number of pyridine rings is 1. The number of piperazine rings is 1. The number of hydrogen-bond donors (Lipinski definition) is 2. The van der Waals surface area contributed by atoms with Gasteiger partial charge in [-0.05, 0) is 48.9 Å². The summed E-state index contributed by atoms with van der Waals surface area (Å²) in [5.41, 5.74) is 6.73. The number of likely N-dealkylation sites (N-methyl/N-ethyl adjacent to an activating group) is 1. The molecule has 6 rings (SSSR count). The molecule has 1 aromatic heterocycles. The minimum atomic E-state index is -0.0647. The molecule has 0 spiro atoms. The molecule has 0 atom stereocenters. The standard InChI is InChI=1S/C29H35N5O2S/c1-32-9-11-33(12-10-32)8-7-30-23-5-6-27-22(18-23)17-21-3-2-4-25(29(21)37-27)26-19-24(20-28(35)31-26)34-13-15-36-16-14-34/h2-6,18-20,30H,7-17H2,1H3,(H,31,35). The van der Waals surface area contributed by atoms with E-state index in [1.54, 1.807) is 6.07 Å². The van der Waals surface area contributed by atoms with Crippen LogP contribution in [0.1, 0.15) is 11.1 Å². The normalized spacial score (nSPS) is 18.4.